The van der Waals surface area contributed by atoms with E-state index >= 15 is 0 Å². The van der Waals surface area contributed by atoms with Crippen LogP contribution >= 0.6 is 0 Å². The topological polar surface area (TPSA) is 54.8 Å². The largest absolute Gasteiger partial charge is 0.496 e. The predicted molar refractivity (Wildman–Crippen MR) is 101 cm³/mol. The first kappa shape index (κ1) is 18.7. The standard InChI is InChI=1S/C19H31BN2O3/c1-6-16(23)12-15-8-7-11-22(15)17-10-9-14(13-21-17)20-24-18(2,3)19(4,5)25-20/h9-10,13,15-16,23H,6-8,11-12H2,1-5H3/t15-,16-/m1/s1. The lowest BCUT2D eigenvalue weighted by Gasteiger charge is -2.32. The third-order valence-corrected chi connectivity index (χ3v) is 5.98. The van der Waals surface area contributed by atoms with E-state index < -0.39 is 0 Å². The highest BCUT2D eigenvalue weighted by Crippen LogP contribution is 2.36. The van der Waals surface area contributed by atoms with E-state index in [1.165, 1.54) is 0 Å². The maximum absolute atomic E-state index is 9.99. The van der Waals surface area contributed by atoms with Gasteiger partial charge in [-0.25, -0.2) is 4.98 Å². The first-order valence-electron chi connectivity index (χ1n) is 9.50. The number of hydrogen-bond donors (Lipinski definition) is 1. The molecule has 0 spiro atoms. The molecule has 2 atom stereocenters. The molecule has 6 heteroatoms. The van der Waals surface area contributed by atoms with Crippen molar-refractivity contribution in [3.05, 3.63) is 18.3 Å². The van der Waals surface area contributed by atoms with Crippen molar-refractivity contribution in [1.29, 1.82) is 0 Å². The van der Waals surface area contributed by atoms with Gasteiger partial charge in [-0.05, 0) is 59.4 Å². The van der Waals surface area contributed by atoms with Gasteiger partial charge in [-0.1, -0.05) is 13.0 Å². The molecule has 2 saturated heterocycles. The third kappa shape index (κ3) is 3.71. The highest BCUT2D eigenvalue weighted by Gasteiger charge is 2.51. The fraction of sp³-hybridized carbons (Fsp3) is 0.737. The maximum atomic E-state index is 9.99. The van der Waals surface area contributed by atoms with Crippen LogP contribution in [0, 0.1) is 0 Å². The van der Waals surface area contributed by atoms with Crippen LogP contribution in [0.5, 0.6) is 0 Å². The van der Waals surface area contributed by atoms with Crippen molar-refractivity contribution >= 4 is 18.4 Å². The van der Waals surface area contributed by atoms with Crippen molar-refractivity contribution in [2.24, 2.45) is 0 Å². The van der Waals surface area contributed by atoms with E-state index in [1.807, 2.05) is 13.1 Å². The molecule has 2 aliphatic rings. The molecule has 2 fully saturated rings. The Balaban J connectivity index is 1.70. The lowest BCUT2D eigenvalue weighted by molar-refractivity contribution is 0.00578. The summed E-state index contributed by atoms with van der Waals surface area (Å²) in [6.07, 6.45) is 5.54. The average molecular weight is 346 g/mol. The van der Waals surface area contributed by atoms with E-state index in [0.717, 1.165) is 43.5 Å². The number of anilines is 1. The van der Waals surface area contributed by atoms with E-state index in [0.29, 0.717) is 6.04 Å². The molecule has 138 valence electrons. The fourth-order valence-electron chi connectivity index (χ4n) is 3.55. The summed E-state index contributed by atoms with van der Waals surface area (Å²) in [6.45, 7) is 11.3. The summed E-state index contributed by atoms with van der Waals surface area (Å²) in [6, 6.07) is 4.48. The van der Waals surface area contributed by atoms with Gasteiger partial charge in [-0.2, -0.15) is 0 Å². The molecule has 0 saturated carbocycles. The Kier molecular flexibility index (Phi) is 5.15. The van der Waals surface area contributed by atoms with Gasteiger partial charge in [0.1, 0.15) is 5.82 Å². The summed E-state index contributed by atoms with van der Waals surface area (Å²) in [4.78, 5) is 6.99. The molecule has 25 heavy (non-hydrogen) atoms. The van der Waals surface area contributed by atoms with Gasteiger partial charge in [0.25, 0.3) is 0 Å². The van der Waals surface area contributed by atoms with E-state index in [4.69, 9.17) is 9.31 Å². The SMILES string of the molecule is CC[C@@H](O)C[C@H]1CCCN1c1ccc(B2OC(C)(C)C(C)(C)O2)cn1. The summed E-state index contributed by atoms with van der Waals surface area (Å²) in [7, 11) is -0.372. The van der Waals surface area contributed by atoms with Crippen LogP contribution in [0.4, 0.5) is 5.82 Å². The number of rotatable bonds is 5. The van der Waals surface area contributed by atoms with Crippen LogP contribution in [0.15, 0.2) is 18.3 Å². The normalized spacial score (nSPS) is 26.2. The molecular formula is C19H31BN2O3. The van der Waals surface area contributed by atoms with Crippen molar-refractivity contribution in [3.63, 3.8) is 0 Å². The Labute approximate surface area is 151 Å². The number of hydrogen-bond acceptors (Lipinski definition) is 5. The van der Waals surface area contributed by atoms with Crippen molar-refractivity contribution < 1.29 is 14.4 Å². The van der Waals surface area contributed by atoms with Crippen molar-refractivity contribution in [2.45, 2.75) is 83.6 Å². The Morgan fingerprint density at radius 1 is 1.28 bits per heavy atom. The van der Waals surface area contributed by atoms with Gasteiger partial charge in [0, 0.05) is 24.2 Å². The summed E-state index contributed by atoms with van der Waals surface area (Å²) in [5.41, 5.74) is 0.269. The maximum Gasteiger partial charge on any atom is 0.496 e. The quantitative estimate of drug-likeness (QED) is 0.831. The number of aromatic nitrogens is 1. The molecule has 0 aromatic carbocycles. The molecule has 1 aromatic heterocycles. The Hall–Kier alpha value is -1.11. The van der Waals surface area contributed by atoms with Crippen LogP contribution in [-0.2, 0) is 9.31 Å². The Morgan fingerprint density at radius 3 is 2.52 bits per heavy atom. The molecular weight excluding hydrogens is 315 g/mol. The van der Waals surface area contributed by atoms with Crippen LogP contribution in [0.3, 0.4) is 0 Å². The van der Waals surface area contributed by atoms with Gasteiger partial charge >= 0.3 is 7.12 Å². The molecule has 1 aromatic rings. The zero-order chi connectivity index (χ0) is 18.2. The van der Waals surface area contributed by atoms with Crippen molar-refractivity contribution in [2.75, 3.05) is 11.4 Å². The monoisotopic (exact) mass is 346 g/mol. The number of pyridine rings is 1. The van der Waals surface area contributed by atoms with E-state index in [9.17, 15) is 5.11 Å². The summed E-state index contributed by atoms with van der Waals surface area (Å²) < 4.78 is 12.2. The molecule has 2 aliphatic heterocycles. The zero-order valence-corrected chi connectivity index (χ0v) is 16.2. The lowest BCUT2D eigenvalue weighted by atomic mass is 9.80. The Morgan fingerprint density at radius 2 is 1.96 bits per heavy atom. The molecule has 0 amide bonds. The molecule has 0 aliphatic carbocycles. The van der Waals surface area contributed by atoms with Crippen LogP contribution in [0.2, 0.25) is 0 Å². The molecule has 3 rings (SSSR count). The number of nitrogens with zero attached hydrogens (tertiary/aromatic N) is 2. The summed E-state index contributed by atoms with van der Waals surface area (Å²) >= 11 is 0. The highest BCUT2D eigenvalue weighted by molar-refractivity contribution is 6.62. The van der Waals surface area contributed by atoms with Gasteiger partial charge in [0.15, 0.2) is 0 Å². The minimum atomic E-state index is -0.372. The van der Waals surface area contributed by atoms with E-state index in [2.05, 4.69) is 49.7 Å². The molecule has 1 N–H and O–H groups in total. The van der Waals surface area contributed by atoms with Crippen molar-refractivity contribution in [3.8, 4) is 0 Å². The third-order valence-electron chi connectivity index (χ3n) is 5.98. The van der Waals surface area contributed by atoms with Gasteiger partial charge in [0.2, 0.25) is 0 Å². The lowest BCUT2D eigenvalue weighted by Crippen LogP contribution is -2.41. The van der Waals surface area contributed by atoms with Gasteiger partial charge in [0.05, 0.1) is 17.3 Å². The minimum absolute atomic E-state index is 0.227. The zero-order valence-electron chi connectivity index (χ0n) is 16.2. The second-order valence-electron chi connectivity index (χ2n) is 8.33. The number of aliphatic hydroxyl groups excluding tert-OH is 1. The fourth-order valence-corrected chi connectivity index (χ4v) is 3.55. The van der Waals surface area contributed by atoms with Gasteiger partial charge in [-0.15, -0.1) is 0 Å². The summed E-state index contributed by atoms with van der Waals surface area (Å²) in [5, 5.41) is 9.99. The van der Waals surface area contributed by atoms with E-state index in [1.54, 1.807) is 0 Å². The molecule has 0 bridgehead atoms. The number of aliphatic hydroxyl groups is 1. The minimum Gasteiger partial charge on any atom is -0.399 e. The van der Waals surface area contributed by atoms with E-state index in [-0.39, 0.29) is 24.4 Å². The van der Waals surface area contributed by atoms with Crippen LogP contribution in [0.25, 0.3) is 0 Å². The second kappa shape index (κ2) is 6.90. The smallest absolute Gasteiger partial charge is 0.399 e. The van der Waals surface area contributed by atoms with Crippen LogP contribution < -0.4 is 10.4 Å². The molecule has 3 heterocycles. The van der Waals surface area contributed by atoms with Crippen molar-refractivity contribution in [1.82, 2.24) is 4.98 Å². The average Bonchev–Trinajstić information content (AvgIpc) is 3.09. The predicted octanol–water partition coefficient (Wildman–Crippen LogP) is 2.51. The summed E-state index contributed by atoms with van der Waals surface area (Å²) in [5.74, 6) is 0.978. The Bertz CT molecular complexity index is 575. The van der Waals surface area contributed by atoms with Gasteiger partial charge < -0.3 is 19.3 Å². The highest BCUT2D eigenvalue weighted by atomic mass is 16.7. The van der Waals surface area contributed by atoms with Gasteiger partial charge in [-0.3, -0.25) is 0 Å². The second-order valence-corrected chi connectivity index (χ2v) is 8.33. The first-order valence-corrected chi connectivity index (χ1v) is 9.50. The van der Waals surface area contributed by atoms with Crippen LogP contribution in [-0.4, -0.2) is 47.1 Å². The van der Waals surface area contributed by atoms with Crippen LogP contribution in [0.1, 0.15) is 60.3 Å². The molecule has 0 radical (unpaired) electrons. The molecule has 5 nitrogen and oxygen atoms in total. The first-order chi connectivity index (χ1) is 11.7. The molecule has 0 unspecified atom stereocenters.